The molecule has 124 valence electrons. The van der Waals surface area contributed by atoms with Gasteiger partial charge in [-0.3, -0.25) is 0 Å². The van der Waals surface area contributed by atoms with Gasteiger partial charge in [-0.1, -0.05) is 55.1 Å². The maximum Gasteiger partial charge on any atom is 0.309 e. The van der Waals surface area contributed by atoms with Crippen molar-refractivity contribution < 1.29 is 12.6 Å². The second-order valence-electron chi connectivity index (χ2n) is 5.24. The van der Waals surface area contributed by atoms with Gasteiger partial charge in [-0.2, -0.15) is 8.42 Å². The van der Waals surface area contributed by atoms with E-state index in [0.717, 1.165) is 24.0 Å². The molecule has 2 rings (SSSR count). The average Bonchev–Trinajstić information content (AvgIpc) is 2.46. The van der Waals surface area contributed by atoms with Crippen LogP contribution in [0, 0.1) is 0 Å². The number of halogens is 2. The predicted molar refractivity (Wildman–Crippen MR) is 95.8 cm³/mol. The summed E-state index contributed by atoms with van der Waals surface area (Å²) in [4.78, 5) is 0. The highest BCUT2D eigenvalue weighted by Crippen LogP contribution is 2.29. The number of benzene rings is 2. The van der Waals surface area contributed by atoms with Gasteiger partial charge in [0.1, 0.15) is 5.75 Å². The molecule has 0 atom stereocenters. The highest BCUT2D eigenvalue weighted by molar-refractivity contribution is 7.87. The molecule has 0 aliphatic carbocycles. The van der Waals surface area contributed by atoms with Crippen molar-refractivity contribution in [1.82, 2.24) is 0 Å². The molecule has 3 nitrogen and oxygen atoms in total. The summed E-state index contributed by atoms with van der Waals surface area (Å²) in [6.07, 6.45) is 2.42. The average molecular weight is 373 g/mol. The highest BCUT2D eigenvalue weighted by Gasteiger charge is 2.13. The molecule has 0 saturated heterocycles. The lowest BCUT2D eigenvalue weighted by molar-refractivity contribution is 0.483. The van der Waals surface area contributed by atoms with Crippen molar-refractivity contribution in [3.63, 3.8) is 0 Å². The molecule has 6 heteroatoms. The minimum atomic E-state index is -3.57. The van der Waals surface area contributed by atoms with E-state index in [9.17, 15) is 8.42 Å². The first-order valence-electron chi connectivity index (χ1n) is 7.38. The lowest BCUT2D eigenvalue weighted by Crippen LogP contribution is -2.13. The van der Waals surface area contributed by atoms with Gasteiger partial charge < -0.3 is 4.18 Å². The Bertz CT molecular complexity index is 753. The Morgan fingerprint density at radius 1 is 0.957 bits per heavy atom. The van der Waals surface area contributed by atoms with Gasteiger partial charge in [0.25, 0.3) is 0 Å². The van der Waals surface area contributed by atoms with Crippen LogP contribution in [0.25, 0.3) is 11.1 Å². The fraction of sp³-hybridized carbons (Fsp3) is 0.294. The number of hydrogen-bond donors (Lipinski definition) is 0. The molecule has 2 aromatic carbocycles. The maximum absolute atomic E-state index is 12.0. The molecule has 0 heterocycles. The van der Waals surface area contributed by atoms with Crippen LogP contribution in [0.4, 0.5) is 0 Å². The number of rotatable bonds is 7. The molecule has 0 aliphatic heterocycles. The quantitative estimate of drug-likeness (QED) is 0.471. The Labute approximate surface area is 147 Å². The van der Waals surface area contributed by atoms with Crippen molar-refractivity contribution in [2.45, 2.75) is 26.2 Å². The van der Waals surface area contributed by atoms with Crippen LogP contribution >= 0.6 is 23.2 Å². The van der Waals surface area contributed by atoms with E-state index in [1.165, 1.54) is 0 Å². The molecule has 0 N–H and O–H groups in total. The van der Waals surface area contributed by atoms with Crippen molar-refractivity contribution in [2.75, 3.05) is 5.75 Å². The second kappa shape index (κ2) is 8.04. The van der Waals surface area contributed by atoms with Crippen molar-refractivity contribution in [3.05, 3.63) is 52.5 Å². The van der Waals surface area contributed by atoms with Crippen LogP contribution in [0.1, 0.15) is 26.2 Å². The zero-order valence-electron chi connectivity index (χ0n) is 12.8. The molecule has 0 unspecified atom stereocenters. The van der Waals surface area contributed by atoms with Crippen molar-refractivity contribution in [2.24, 2.45) is 0 Å². The lowest BCUT2D eigenvalue weighted by Gasteiger charge is -2.09. The zero-order chi connectivity index (χ0) is 16.9. The van der Waals surface area contributed by atoms with Crippen LogP contribution in [0.2, 0.25) is 10.0 Å². The Kier molecular flexibility index (Phi) is 6.33. The van der Waals surface area contributed by atoms with E-state index in [4.69, 9.17) is 27.4 Å². The van der Waals surface area contributed by atoms with Crippen LogP contribution in [-0.2, 0) is 10.1 Å². The molecule has 0 radical (unpaired) electrons. The Balaban J connectivity index is 2.20. The standard InChI is InChI=1S/C17H18Cl2O3S/c1-2-3-4-8-23(20,21)22-17-7-5-6-13(11-17)14-9-15(18)12-16(19)10-14/h5-7,9-12H,2-4,8H2,1H3. The normalized spacial score (nSPS) is 11.4. The summed E-state index contributed by atoms with van der Waals surface area (Å²) in [5, 5.41) is 1.04. The third-order valence-corrected chi connectivity index (χ3v) is 4.92. The van der Waals surface area contributed by atoms with Crippen LogP contribution in [0.5, 0.6) is 5.75 Å². The summed E-state index contributed by atoms with van der Waals surface area (Å²) in [7, 11) is -3.57. The molecule has 0 spiro atoms. The zero-order valence-corrected chi connectivity index (χ0v) is 15.1. The summed E-state index contributed by atoms with van der Waals surface area (Å²) in [6, 6.07) is 12.0. The summed E-state index contributed by atoms with van der Waals surface area (Å²) < 4.78 is 29.1. The van der Waals surface area contributed by atoms with Crippen LogP contribution < -0.4 is 4.18 Å². The van der Waals surface area contributed by atoms with Gasteiger partial charge in [0, 0.05) is 10.0 Å². The first-order valence-corrected chi connectivity index (χ1v) is 9.71. The highest BCUT2D eigenvalue weighted by atomic mass is 35.5. The third-order valence-electron chi connectivity index (χ3n) is 3.25. The minimum absolute atomic E-state index is 0.0219. The molecular formula is C17H18Cl2O3S. The molecule has 0 amide bonds. The summed E-state index contributed by atoms with van der Waals surface area (Å²) in [5.41, 5.74) is 1.59. The Morgan fingerprint density at radius 3 is 2.30 bits per heavy atom. The van der Waals surface area contributed by atoms with E-state index in [0.29, 0.717) is 16.5 Å². The van der Waals surface area contributed by atoms with Gasteiger partial charge in [-0.15, -0.1) is 0 Å². The molecule has 0 fully saturated rings. The molecule has 2 aromatic rings. The van der Waals surface area contributed by atoms with Gasteiger partial charge >= 0.3 is 10.1 Å². The Morgan fingerprint density at radius 2 is 1.65 bits per heavy atom. The first kappa shape index (κ1) is 18.1. The van der Waals surface area contributed by atoms with Crippen molar-refractivity contribution in [3.8, 4) is 16.9 Å². The molecule has 0 saturated carbocycles. The third kappa shape index (κ3) is 5.72. The lowest BCUT2D eigenvalue weighted by atomic mass is 10.1. The van der Waals surface area contributed by atoms with E-state index in [-0.39, 0.29) is 11.5 Å². The fourth-order valence-electron chi connectivity index (χ4n) is 2.17. The Hall–Kier alpha value is -1.23. The van der Waals surface area contributed by atoms with E-state index >= 15 is 0 Å². The van der Waals surface area contributed by atoms with Gasteiger partial charge in [0.05, 0.1) is 5.75 Å². The first-order chi connectivity index (χ1) is 10.9. The SMILES string of the molecule is CCCCCS(=O)(=O)Oc1cccc(-c2cc(Cl)cc(Cl)c2)c1. The van der Waals surface area contributed by atoms with Gasteiger partial charge in [-0.05, 0) is 47.9 Å². The molecule has 0 aliphatic rings. The summed E-state index contributed by atoms with van der Waals surface area (Å²) in [6.45, 7) is 2.02. The van der Waals surface area contributed by atoms with Crippen LogP contribution in [-0.4, -0.2) is 14.2 Å². The van der Waals surface area contributed by atoms with Crippen molar-refractivity contribution >= 4 is 33.3 Å². The largest absolute Gasteiger partial charge is 0.382 e. The summed E-state index contributed by atoms with van der Waals surface area (Å²) in [5.74, 6) is 0.309. The molecule has 23 heavy (non-hydrogen) atoms. The van der Waals surface area contributed by atoms with Crippen LogP contribution in [0.15, 0.2) is 42.5 Å². The topological polar surface area (TPSA) is 43.4 Å². The van der Waals surface area contributed by atoms with Gasteiger partial charge in [0.15, 0.2) is 0 Å². The van der Waals surface area contributed by atoms with Gasteiger partial charge in [-0.25, -0.2) is 0 Å². The van der Waals surface area contributed by atoms with E-state index < -0.39 is 10.1 Å². The van der Waals surface area contributed by atoms with Gasteiger partial charge in [0.2, 0.25) is 0 Å². The maximum atomic E-state index is 12.0. The molecular weight excluding hydrogens is 355 g/mol. The monoisotopic (exact) mass is 372 g/mol. The number of unbranched alkanes of at least 4 members (excludes halogenated alkanes) is 2. The van der Waals surface area contributed by atoms with E-state index in [1.54, 1.807) is 36.4 Å². The van der Waals surface area contributed by atoms with Crippen molar-refractivity contribution in [1.29, 1.82) is 0 Å². The minimum Gasteiger partial charge on any atom is -0.382 e. The smallest absolute Gasteiger partial charge is 0.309 e. The van der Waals surface area contributed by atoms with E-state index in [2.05, 4.69) is 0 Å². The molecule has 0 aromatic heterocycles. The second-order valence-corrected chi connectivity index (χ2v) is 7.80. The van der Waals surface area contributed by atoms with Crippen LogP contribution in [0.3, 0.4) is 0 Å². The molecule has 0 bridgehead atoms. The predicted octanol–water partition coefficient (Wildman–Crippen LogP) is 5.56. The van der Waals surface area contributed by atoms with E-state index in [1.807, 2.05) is 13.0 Å². The summed E-state index contributed by atoms with van der Waals surface area (Å²) >= 11 is 12.0. The number of hydrogen-bond acceptors (Lipinski definition) is 3. The fourth-order valence-corrected chi connectivity index (χ4v) is 3.73.